The highest BCUT2D eigenvalue weighted by Crippen LogP contribution is 2.36. The molecule has 1 aromatic heterocycles. The van der Waals surface area contributed by atoms with Crippen molar-refractivity contribution in [1.29, 1.82) is 0 Å². The van der Waals surface area contributed by atoms with Crippen LogP contribution in [0.1, 0.15) is 35.8 Å². The van der Waals surface area contributed by atoms with Gasteiger partial charge in [0.25, 0.3) is 0 Å². The van der Waals surface area contributed by atoms with Crippen LogP contribution in [0.4, 0.5) is 8.78 Å². The second-order valence-electron chi connectivity index (χ2n) is 5.24. The van der Waals surface area contributed by atoms with Crippen LogP contribution in [0.15, 0.2) is 22.7 Å². The highest BCUT2D eigenvalue weighted by atomic mass is 79.9. The summed E-state index contributed by atoms with van der Waals surface area (Å²) in [7, 11) is 0. The van der Waals surface area contributed by atoms with Gasteiger partial charge in [-0.3, -0.25) is 0 Å². The fraction of sp³-hybridized carbons (Fsp3) is 0.333. The van der Waals surface area contributed by atoms with E-state index in [0.29, 0.717) is 10.2 Å². The third-order valence-corrected chi connectivity index (χ3v) is 4.46. The summed E-state index contributed by atoms with van der Waals surface area (Å²) in [6.45, 7) is 1.92. The number of fused-ring (bicyclic) bond motifs is 1. The molecule has 0 saturated carbocycles. The normalized spacial score (nSPS) is 18.1. The van der Waals surface area contributed by atoms with Gasteiger partial charge in [0, 0.05) is 28.0 Å². The molecule has 0 fully saturated rings. The van der Waals surface area contributed by atoms with Crippen molar-refractivity contribution in [3.05, 3.63) is 51.3 Å². The van der Waals surface area contributed by atoms with Gasteiger partial charge >= 0.3 is 0 Å². The molecule has 1 unspecified atom stereocenters. The zero-order valence-corrected chi connectivity index (χ0v) is 12.7. The number of halogens is 3. The van der Waals surface area contributed by atoms with Crippen LogP contribution < -0.4 is 5.73 Å². The molecule has 106 valence electrons. The first kappa shape index (κ1) is 13.8. The average molecular weight is 341 g/mol. The lowest BCUT2D eigenvalue weighted by Crippen LogP contribution is -2.18. The lowest BCUT2D eigenvalue weighted by atomic mass is 9.93. The number of rotatable bonds is 1. The van der Waals surface area contributed by atoms with Crippen molar-refractivity contribution in [2.75, 3.05) is 0 Å². The van der Waals surface area contributed by atoms with E-state index in [1.807, 2.05) is 17.6 Å². The van der Waals surface area contributed by atoms with Crippen molar-refractivity contribution in [2.45, 2.75) is 32.2 Å². The standard InChI is InChI=1S/C15H15BrF2N2/c1-8-5-10-13(19)3-2-4-14(10)20(8)15-11(16)6-9(17)7-12(15)18/h5-7,13H,2-4,19H2,1H3. The van der Waals surface area contributed by atoms with Crippen molar-refractivity contribution in [3.63, 3.8) is 0 Å². The van der Waals surface area contributed by atoms with Gasteiger partial charge < -0.3 is 10.3 Å². The molecular weight excluding hydrogens is 326 g/mol. The van der Waals surface area contributed by atoms with Gasteiger partial charge in [0.05, 0.1) is 5.69 Å². The van der Waals surface area contributed by atoms with E-state index in [9.17, 15) is 8.78 Å². The summed E-state index contributed by atoms with van der Waals surface area (Å²) >= 11 is 3.26. The molecule has 1 atom stereocenters. The maximum Gasteiger partial charge on any atom is 0.151 e. The summed E-state index contributed by atoms with van der Waals surface area (Å²) in [6, 6.07) is 4.21. The monoisotopic (exact) mass is 340 g/mol. The maximum absolute atomic E-state index is 14.2. The largest absolute Gasteiger partial charge is 0.324 e. The second-order valence-corrected chi connectivity index (χ2v) is 6.09. The fourth-order valence-corrected chi connectivity index (χ4v) is 3.58. The molecule has 2 nitrogen and oxygen atoms in total. The zero-order valence-electron chi connectivity index (χ0n) is 11.1. The molecule has 1 aliphatic carbocycles. The Morgan fingerprint density at radius 1 is 1.30 bits per heavy atom. The van der Waals surface area contributed by atoms with Crippen LogP contribution in [0, 0.1) is 18.6 Å². The third kappa shape index (κ3) is 2.09. The topological polar surface area (TPSA) is 30.9 Å². The summed E-state index contributed by atoms with van der Waals surface area (Å²) < 4.78 is 29.7. The molecule has 0 bridgehead atoms. The van der Waals surface area contributed by atoms with E-state index in [-0.39, 0.29) is 6.04 Å². The van der Waals surface area contributed by atoms with E-state index in [1.54, 1.807) is 0 Å². The molecule has 0 amide bonds. The SMILES string of the molecule is Cc1cc2c(n1-c1c(F)cc(F)cc1Br)CCCC2N. The minimum atomic E-state index is -0.589. The number of hydrogen-bond donors (Lipinski definition) is 1. The Hall–Kier alpha value is -1.20. The first-order chi connectivity index (χ1) is 9.49. The molecule has 0 aliphatic heterocycles. The van der Waals surface area contributed by atoms with Gasteiger partial charge in [-0.25, -0.2) is 8.78 Å². The smallest absolute Gasteiger partial charge is 0.151 e. The molecular formula is C15H15BrF2N2. The average Bonchev–Trinajstić information content (AvgIpc) is 2.67. The maximum atomic E-state index is 14.2. The van der Waals surface area contributed by atoms with Crippen LogP contribution in [0.25, 0.3) is 5.69 Å². The van der Waals surface area contributed by atoms with Gasteiger partial charge in [0.2, 0.25) is 0 Å². The van der Waals surface area contributed by atoms with E-state index < -0.39 is 11.6 Å². The molecule has 1 aliphatic rings. The zero-order chi connectivity index (χ0) is 14.4. The summed E-state index contributed by atoms with van der Waals surface area (Å²) in [5.74, 6) is -1.16. The molecule has 0 saturated heterocycles. The van der Waals surface area contributed by atoms with Crippen molar-refractivity contribution in [3.8, 4) is 5.69 Å². The van der Waals surface area contributed by atoms with Gasteiger partial charge in [-0.05, 0) is 59.8 Å². The number of nitrogens with zero attached hydrogens (tertiary/aromatic N) is 1. The first-order valence-electron chi connectivity index (χ1n) is 6.60. The van der Waals surface area contributed by atoms with Gasteiger partial charge in [-0.1, -0.05) is 0 Å². The molecule has 1 heterocycles. The van der Waals surface area contributed by atoms with Crippen LogP contribution in [-0.4, -0.2) is 4.57 Å². The minimum absolute atomic E-state index is 0.000912. The van der Waals surface area contributed by atoms with Crippen LogP contribution in [-0.2, 0) is 6.42 Å². The summed E-state index contributed by atoms with van der Waals surface area (Å²) in [4.78, 5) is 0. The quantitative estimate of drug-likeness (QED) is 0.830. The van der Waals surface area contributed by atoms with Gasteiger partial charge in [0.1, 0.15) is 5.82 Å². The molecule has 0 radical (unpaired) electrons. The predicted octanol–water partition coefficient (Wildman–Crippen LogP) is 4.16. The van der Waals surface area contributed by atoms with E-state index in [4.69, 9.17) is 5.73 Å². The molecule has 2 aromatic rings. The Morgan fingerprint density at radius 3 is 2.75 bits per heavy atom. The Labute approximate surface area is 124 Å². The number of nitrogens with two attached hydrogens (primary N) is 1. The molecule has 5 heteroatoms. The molecule has 20 heavy (non-hydrogen) atoms. The molecule has 3 rings (SSSR count). The summed E-state index contributed by atoms with van der Waals surface area (Å²) in [5.41, 5.74) is 9.51. The lowest BCUT2D eigenvalue weighted by Gasteiger charge is -2.22. The van der Waals surface area contributed by atoms with Gasteiger partial charge in [0.15, 0.2) is 5.82 Å². The highest BCUT2D eigenvalue weighted by Gasteiger charge is 2.25. The second kappa shape index (κ2) is 4.97. The number of benzene rings is 1. The first-order valence-corrected chi connectivity index (χ1v) is 7.40. The van der Waals surface area contributed by atoms with E-state index >= 15 is 0 Å². The summed E-state index contributed by atoms with van der Waals surface area (Å²) in [6.07, 6.45) is 2.79. The Balaban J connectivity index is 2.26. The van der Waals surface area contributed by atoms with Crippen LogP contribution in [0.2, 0.25) is 0 Å². The Bertz CT molecular complexity index is 656. The van der Waals surface area contributed by atoms with Gasteiger partial charge in [-0.2, -0.15) is 0 Å². The van der Waals surface area contributed by atoms with E-state index in [1.165, 1.54) is 6.07 Å². The predicted molar refractivity (Wildman–Crippen MR) is 78.0 cm³/mol. The van der Waals surface area contributed by atoms with Crippen LogP contribution in [0.5, 0.6) is 0 Å². The molecule has 0 spiro atoms. The number of hydrogen-bond acceptors (Lipinski definition) is 1. The van der Waals surface area contributed by atoms with Crippen molar-refractivity contribution >= 4 is 15.9 Å². The fourth-order valence-electron chi connectivity index (χ4n) is 3.00. The van der Waals surface area contributed by atoms with Crippen molar-refractivity contribution in [2.24, 2.45) is 5.73 Å². The molecule has 1 aromatic carbocycles. The van der Waals surface area contributed by atoms with E-state index in [2.05, 4.69) is 15.9 Å². The Morgan fingerprint density at radius 2 is 2.05 bits per heavy atom. The summed E-state index contributed by atoms with van der Waals surface area (Å²) in [5, 5.41) is 0. The number of aryl methyl sites for hydroxylation is 1. The minimum Gasteiger partial charge on any atom is -0.324 e. The van der Waals surface area contributed by atoms with Gasteiger partial charge in [-0.15, -0.1) is 0 Å². The van der Waals surface area contributed by atoms with Crippen LogP contribution in [0.3, 0.4) is 0 Å². The van der Waals surface area contributed by atoms with E-state index in [0.717, 1.165) is 42.3 Å². The highest BCUT2D eigenvalue weighted by molar-refractivity contribution is 9.10. The number of aromatic nitrogens is 1. The molecule has 2 N–H and O–H groups in total. The van der Waals surface area contributed by atoms with Crippen LogP contribution >= 0.6 is 15.9 Å². The lowest BCUT2D eigenvalue weighted by molar-refractivity contribution is 0.550. The Kier molecular flexibility index (Phi) is 3.42. The van der Waals surface area contributed by atoms with Crippen molar-refractivity contribution in [1.82, 2.24) is 4.57 Å². The third-order valence-electron chi connectivity index (χ3n) is 3.85. The van der Waals surface area contributed by atoms with Crippen molar-refractivity contribution < 1.29 is 8.78 Å².